The topological polar surface area (TPSA) is 135 Å². The summed E-state index contributed by atoms with van der Waals surface area (Å²) >= 11 is 0. The molecule has 0 bridgehead atoms. The van der Waals surface area contributed by atoms with Crippen LogP contribution in [-0.2, 0) is 43.3 Å². The molecule has 1 fully saturated rings. The largest absolute Gasteiger partial charge is 0.489 e. The molecule has 4 atom stereocenters. The molecule has 292 valence electrons. The lowest BCUT2D eigenvalue weighted by Gasteiger charge is -2.30. The number of benzene rings is 3. The van der Waals surface area contributed by atoms with E-state index in [0.717, 1.165) is 36.1 Å². The second-order valence-corrected chi connectivity index (χ2v) is 13.9. The van der Waals surface area contributed by atoms with Gasteiger partial charge in [-0.3, -0.25) is 9.59 Å². The Hall–Kier alpha value is -4.97. The molecular weight excluding hydrogens is 691 g/mol. The van der Waals surface area contributed by atoms with Crippen LogP contribution >= 0.6 is 0 Å². The summed E-state index contributed by atoms with van der Waals surface area (Å²) in [5.74, 6) is -0.814. The van der Waals surface area contributed by atoms with Gasteiger partial charge in [0.2, 0.25) is 11.8 Å². The minimum Gasteiger partial charge on any atom is -0.489 e. The first kappa shape index (κ1) is 41.8. The Morgan fingerprint density at radius 3 is 2.30 bits per heavy atom. The predicted octanol–water partition coefficient (Wildman–Crippen LogP) is 5.74. The number of esters is 1. The number of hydrogen-bond donors (Lipinski definition) is 3. The molecule has 3 N–H and O–H groups in total. The minimum absolute atomic E-state index is 0.120. The lowest BCUT2D eigenvalue weighted by Crippen LogP contribution is -2.56. The number of ether oxygens (including phenoxy) is 3. The summed E-state index contributed by atoms with van der Waals surface area (Å²) in [7, 11) is 1.59. The molecule has 0 saturated heterocycles. The van der Waals surface area contributed by atoms with Crippen molar-refractivity contribution in [2.24, 2.45) is 5.92 Å². The van der Waals surface area contributed by atoms with Crippen molar-refractivity contribution in [1.29, 1.82) is 0 Å². The van der Waals surface area contributed by atoms with E-state index >= 15 is 0 Å². The number of nitrogens with one attached hydrogen (secondary N) is 3. The van der Waals surface area contributed by atoms with Crippen LogP contribution < -0.4 is 20.7 Å². The van der Waals surface area contributed by atoms with Gasteiger partial charge in [0, 0.05) is 26.6 Å². The number of likely N-dealkylation sites (N-methyl/N-ethyl adjacent to an activating group) is 1. The molecule has 1 aliphatic rings. The molecule has 54 heavy (non-hydrogen) atoms. The first-order chi connectivity index (χ1) is 26.0. The van der Waals surface area contributed by atoms with Crippen molar-refractivity contribution >= 4 is 23.9 Å². The van der Waals surface area contributed by atoms with Crippen LogP contribution in [0.1, 0.15) is 69.6 Å². The van der Waals surface area contributed by atoms with Crippen LogP contribution in [0.4, 0.5) is 9.18 Å². The third-order valence-corrected chi connectivity index (χ3v) is 9.39. The van der Waals surface area contributed by atoms with Gasteiger partial charge in [0.1, 0.15) is 36.4 Å². The molecule has 0 radical (unpaired) electrons. The van der Waals surface area contributed by atoms with Crippen LogP contribution in [0.15, 0.2) is 78.9 Å². The maximum absolute atomic E-state index is 13.8. The van der Waals surface area contributed by atoms with Gasteiger partial charge in [0.25, 0.3) is 0 Å². The maximum Gasteiger partial charge on any atom is 0.407 e. The zero-order valence-electron chi connectivity index (χ0n) is 31.9. The number of amides is 3. The summed E-state index contributed by atoms with van der Waals surface area (Å²) in [6, 6.07) is 20.6. The number of nitrogens with zero attached hydrogens (tertiary/aromatic N) is 1. The average Bonchev–Trinajstić information content (AvgIpc) is 4.02. The van der Waals surface area contributed by atoms with Crippen molar-refractivity contribution in [2.75, 3.05) is 26.7 Å². The van der Waals surface area contributed by atoms with Crippen molar-refractivity contribution in [3.63, 3.8) is 0 Å². The molecule has 3 amide bonds. The second kappa shape index (κ2) is 21.7. The average molecular weight is 747 g/mol. The SMILES string of the molecule is CCCCOC(=O)[C@@H](Cc1ccc(F)cc1)NC(=O)[C@@H](C)N(C)C(=O)[C@@H](NC[C@@H](C)Oc1ccccc1CCCNC(=O)OCc1ccccc1)C1CC1. The zero-order chi connectivity index (χ0) is 38.9. The van der Waals surface area contributed by atoms with Crippen molar-refractivity contribution in [3.05, 3.63) is 101 Å². The fraction of sp³-hybridized carbons (Fsp3) is 0.476. The Labute approximate surface area is 318 Å². The quantitative estimate of drug-likeness (QED) is 0.0876. The summed E-state index contributed by atoms with van der Waals surface area (Å²) in [4.78, 5) is 53.8. The molecule has 12 heteroatoms. The third-order valence-electron chi connectivity index (χ3n) is 9.39. The maximum atomic E-state index is 13.8. The van der Waals surface area contributed by atoms with E-state index < -0.39 is 41.9 Å². The van der Waals surface area contributed by atoms with Gasteiger partial charge in [-0.15, -0.1) is 0 Å². The van der Waals surface area contributed by atoms with Crippen molar-refractivity contribution < 1.29 is 37.8 Å². The summed E-state index contributed by atoms with van der Waals surface area (Å²) in [6.45, 7) is 6.83. The minimum atomic E-state index is -0.998. The Morgan fingerprint density at radius 1 is 0.889 bits per heavy atom. The Kier molecular flexibility index (Phi) is 16.8. The number of halogens is 1. The van der Waals surface area contributed by atoms with Gasteiger partial charge >= 0.3 is 12.1 Å². The Morgan fingerprint density at radius 2 is 1.59 bits per heavy atom. The van der Waals surface area contributed by atoms with Gasteiger partial charge in [-0.2, -0.15) is 0 Å². The lowest BCUT2D eigenvalue weighted by molar-refractivity contribution is -0.149. The molecule has 0 unspecified atom stereocenters. The highest BCUT2D eigenvalue weighted by Gasteiger charge is 2.39. The van der Waals surface area contributed by atoms with Gasteiger partial charge in [-0.05, 0) is 86.8 Å². The highest BCUT2D eigenvalue weighted by Crippen LogP contribution is 2.33. The van der Waals surface area contributed by atoms with Crippen molar-refractivity contribution in [3.8, 4) is 5.75 Å². The fourth-order valence-electron chi connectivity index (χ4n) is 5.85. The monoisotopic (exact) mass is 746 g/mol. The molecular formula is C42H55FN4O7. The number of aryl methyl sites for hydroxylation is 1. The van der Waals surface area contributed by atoms with Crippen LogP contribution in [0, 0.1) is 11.7 Å². The predicted molar refractivity (Wildman–Crippen MR) is 204 cm³/mol. The molecule has 4 rings (SSSR count). The summed E-state index contributed by atoms with van der Waals surface area (Å²) in [5, 5.41) is 8.97. The van der Waals surface area contributed by atoms with E-state index in [9.17, 15) is 23.6 Å². The molecule has 0 spiro atoms. The number of carbonyl (C=O) groups is 4. The van der Waals surface area contributed by atoms with Gasteiger partial charge in [0.05, 0.1) is 12.6 Å². The number of hydrogen-bond acceptors (Lipinski definition) is 8. The Balaban J connectivity index is 1.26. The van der Waals surface area contributed by atoms with Crippen LogP contribution in [0.25, 0.3) is 0 Å². The van der Waals surface area contributed by atoms with Gasteiger partial charge < -0.3 is 35.1 Å². The zero-order valence-corrected chi connectivity index (χ0v) is 31.9. The van der Waals surface area contributed by atoms with Crippen molar-refractivity contribution in [2.45, 2.75) is 96.6 Å². The summed E-state index contributed by atoms with van der Waals surface area (Å²) in [5.41, 5.74) is 2.59. The highest BCUT2D eigenvalue weighted by molar-refractivity contribution is 5.92. The molecule has 1 saturated carbocycles. The van der Waals surface area contributed by atoms with Crippen LogP contribution in [0.5, 0.6) is 5.75 Å². The van der Waals surface area contributed by atoms with E-state index in [-0.39, 0.29) is 37.6 Å². The third kappa shape index (κ3) is 13.8. The number of unbranched alkanes of at least 4 members (excludes halogenated alkanes) is 1. The molecule has 3 aromatic carbocycles. The fourth-order valence-corrected chi connectivity index (χ4v) is 5.85. The van der Waals surface area contributed by atoms with E-state index in [2.05, 4.69) is 16.0 Å². The summed E-state index contributed by atoms with van der Waals surface area (Å²) < 4.78 is 30.5. The van der Waals surface area contributed by atoms with E-state index in [1.54, 1.807) is 26.1 Å². The standard InChI is InChI=1S/C42H55FN4O7/c1-5-6-25-52-41(50)36(26-31-18-22-35(43)23-19-31)46-39(48)30(3)47(4)40(49)38(34-20-21-34)45-27-29(2)54-37-17-11-10-15-33(37)16-12-24-44-42(51)53-28-32-13-8-7-9-14-32/h7-11,13-15,17-19,22-23,29-30,34,36,38,45H,5-6,12,16,20-21,24-28H2,1-4H3,(H,44,51)(H,46,48)/t29-,30-,36-,38+/m1/s1. The number of rotatable bonds is 22. The molecule has 0 heterocycles. The van der Waals surface area contributed by atoms with Gasteiger partial charge in [0.15, 0.2) is 0 Å². The van der Waals surface area contributed by atoms with Gasteiger partial charge in [-0.25, -0.2) is 14.0 Å². The number of carbonyl (C=O) groups excluding carboxylic acids is 4. The van der Waals surface area contributed by atoms with E-state index in [1.165, 1.54) is 17.0 Å². The van der Waals surface area contributed by atoms with Crippen LogP contribution in [-0.4, -0.2) is 79.8 Å². The molecule has 0 aliphatic heterocycles. The molecule has 3 aromatic rings. The van der Waals surface area contributed by atoms with Crippen molar-refractivity contribution in [1.82, 2.24) is 20.9 Å². The smallest absolute Gasteiger partial charge is 0.407 e. The molecule has 0 aromatic heterocycles. The second-order valence-electron chi connectivity index (χ2n) is 13.9. The van der Waals surface area contributed by atoms with E-state index in [4.69, 9.17) is 14.2 Å². The highest BCUT2D eigenvalue weighted by atomic mass is 19.1. The first-order valence-electron chi connectivity index (χ1n) is 19.0. The van der Waals surface area contributed by atoms with E-state index in [0.29, 0.717) is 37.9 Å². The van der Waals surface area contributed by atoms with Gasteiger partial charge in [-0.1, -0.05) is 74.0 Å². The van der Waals surface area contributed by atoms with Crippen LogP contribution in [0.3, 0.4) is 0 Å². The Bertz CT molecular complexity index is 1640. The molecule has 1 aliphatic carbocycles. The first-order valence-corrected chi connectivity index (χ1v) is 19.0. The van der Waals surface area contributed by atoms with Crippen LogP contribution in [0.2, 0.25) is 0 Å². The lowest BCUT2D eigenvalue weighted by atomic mass is 10.0. The summed E-state index contributed by atoms with van der Waals surface area (Å²) in [6.07, 6.45) is 4.09. The number of para-hydroxylation sites is 1. The molecule has 11 nitrogen and oxygen atoms in total. The normalized spacial score (nSPS) is 14.5. The van der Waals surface area contributed by atoms with E-state index in [1.807, 2.05) is 68.4 Å². The number of alkyl carbamates (subject to hydrolysis) is 1.